The number of amides is 1. The van der Waals surface area contributed by atoms with Gasteiger partial charge in [0.1, 0.15) is 12.2 Å². The highest BCUT2D eigenvalue weighted by Crippen LogP contribution is 2.52. The smallest absolute Gasteiger partial charge is 0.261 e. The van der Waals surface area contributed by atoms with Crippen LogP contribution in [0.25, 0.3) is 0 Å². The molecule has 0 bridgehead atoms. The number of carbonyl (C=O) groups is 1. The lowest BCUT2D eigenvalue weighted by Gasteiger charge is -2.46. The third kappa shape index (κ3) is 6.78. The molecule has 7 nitrogen and oxygen atoms in total. The highest BCUT2D eigenvalue weighted by atomic mass is 32.2. The first kappa shape index (κ1) is 38.8. The van der Waals surface area contributed by atoms with Gasteiger partial charge in [-0.3, -0.25) is 9.69 Å². The largest absolute Gasteiger partial charge is 0.405 e. The fourth-order valence-corrected chi connectivity index (χ4v) is 15.5. The molecule has 1 aliphatic carbocycles. The van der Waals surface area contributed by atoms with Crippen LogP contribution >= 0.6 is 11.8 Å². The molecule has 292 valence electrons. The zero-order valence-electron chi connectivity index (χ0n) is 34.2. The van der Waals surface area contributed by atoms with Crippen molar-refractivity contribution in [1.29, 1.82) is 0 Å². The Bertz CT molecular complexity index is 2140. The van der Waals surface area contributed by atoms with E-state index in [0.717, 1.165) is 55.0 Å². The van der Waals surface area contributed by atoms with E-state index in [-0.39, 0.29) is 22.4 Å². The van der Waals surface area contributed by atoms with Crippen molar-refractivity contribution in [2.45, 2.75) is 88.2 Å². The lowest BCUT2D eigenvalue weighted by molar-refractivity contribution is 0.0882. The van der Waals surface area contributed by atoms with Crippen LogP contribution in [0.4, 0.5) is 5.69 Å². The fourth-order valence-electron chi connectivity index (χ4n) is 10.2. The molecule has 1 saturated heterocycles. The van der Waals surface area contributed by atoms with E-state index in [1.165, 1.54) is 32.8 Å². The number of fused-ring (bicyclic) bond motifs is 1. The average molecular weight is 784 g/mol. The topological polar surface area (TPSA) is 63.5 Å². The summed E-state index contributed by atoms with van der Waals surface area (Å²) in [5, 5.41) is 11.3. The highest BCUT2D eigenvalue weighted by Gasteiger charge is 2.51. The molecular formula is C47H57N5O2SSi. The molecule has 1 amide bonds. The van der Waals surface area contributed by atoms with Crippen LogP contribution in [0.3, 0.4) is 0 Å². The minimum Gasteiger partial charge on any atom is -0.405 e. The Labute approximate surface area is 339 Å². The number of aromatic nitrogens is 3. The van der Waals surface area contributed by atoms with Gasteiger partial charge in [0, 0.05) is 29.7 Å². The molecule has 2 aliphatic heterocycles. The number of carbonyl (C=O) groups excluding carboxylic acids is 1. The lowest BCUT2D eigenvalue weighted by Crippen LogP contribution is -2.67. The van der Waals surface area contributed by atoms with Crippen LogP contribution in [0.5, 0.6) is 0 Å². The first-order valence-electron chi connectivity index (χ1n) is 20.4. The minimum absolute atomic E-state index is 0.00707. The molecule has 2 atom stereocenters. The minimum atomic E-state index is -2.80. The Morgan fingerprint density at radius 3 is 2.21 bits per heavy atom. The molecule has 4 aromatic carbocycles. The Kier molecular flexibility index (Phi) is 10.7. The lowest BCUT2D eigenvalue weighted by atomic mass is 9.58. The van der Waals surface area contributed by atoms with Crippen molar-refractivity contribution in [1.82, 2.24) is 19.7 Å². The van der Waals surface area contributed by atoms with Crippen molar-refractivity contribution in [2.75, 3.05) is 30.9 Å². The van der Waals surface area contributed by atoms with Crippen LogP contribution in [0.15, 0.2) is 108 Å². The monoisotopic (exact) mass is 783 g/mol. The third-order valence-electron chi connectivity index (χ3n) is 12.9. The number of aryl methyl sites for hydroxylation is 1. The third-order valence-corrected chi connectivity index (χ3v) is 18.7. The fraction of sp³-hybridized carbons (Fsp3) is 0.426. The van der Waals surface area contributed by atoms with Crippen LogP contribution in [0.1, 0.15) is 99.2 Å². The SMILES string of the molecule is CSc1cc(C(CO[Si](c2ccccc2)(c2ccccc2)C(C)(C)C)N2CCC[C@H](C)C2)cc2c1CN(c1cccc(C3(c4nncn4C)CC(C)C3)c1)C2=O. The summed E-state index contributed by atoms with van der Waals surface area (Å²) in [6.07, 6.45) is 8.38. The second-order valence-corrected chi connectivity index (χ2v) is 22.9. The number of anilines is 1. The molecule has 1 aromatic heterocycles. The molecule has 8 rings (SSSR count). The van der Waals surface area contributed by atoms with Gasteiger partial charge in [-0.05, 0) is 107 Å². The molecule has 3 aliphatic rings. The second kappa shape index (κ2) is 15.4. The van der Waals surface area contributed by atoms with Crippen molar-refractivity contribution in [3.63, 3.8) is 0 Å². The molecular weight excluding hydrogens is 727 g/mol. The van der Waals surface area contributed by atoms with Crippen LogP contribution < -0.4 is 15.3 Å². The van der Waals surface area contributed by atoms with E-state index in [9.17, 15) is 4.79 Å². The van der Waals surface area contributed by atoms with Gasteiger partial charge in [-0.2, -0.15) is 0 Å². The van der Waals surface area contributed by atoms with E-state index >= 15 is 0 Å². The van der Waals surface area contributed by atoms with Crippen LogP contribution in [-0.2, 0) is 23.4 Å². The van der Waals surface area contributed by atoms with E-state index in [4.69, 9.17) is 4.43 Å². The molecule has 0 radical (unpaired) electrons. The standard InChI is InChI=1S/C47H57N5O2SSi/c1-33-16-15-23-51(29-33)42(31-54-56(46(3,4)5,38-19-10-8-11-20-38)39-21-12-9-13-22-39)35-24-40-41(43(25-35)55-7)30-52(44(40)53)37-18-14-17-36(26-37)47(27-34(2)28-47)45-49-48-32-50(45)6/h8-14,17-22,24-26,32-34,42H,15-16,23,27-31H2,1-7H3/t33-,34?,42?,47?/m0/s1. The van der Waals surface area contributed by atoms with Crippen molar-refractivity contribution >= 4 is 42.0 Å². The quantitative estimate of drug-likeness (QED) is 0.0987. The van der Waals surface area contributed by atoms with Crippen LogP contribution in [0.2, 0.25) is 5.04 Å². The van der Waals surface area contributed by atoms with Gasteiger partial charge in [-0.15, -0.1) is 22.0 Å². The van der Waals surface area contributed by atoms with E-state index < -0.39 is 8.32 Å². The van der Waals surface area contributed by atoms with Gasteiger partial charge in [-0.25, -0.2) is 0 Å². The Hall–Kier alpha value is -4.02. The molecule has 3 heterocycles. The average Bonchev–Trinajstić information content (AvgIpc) is 3.77. The molecule has 5 aromatic rings. The molecule has 56 heavy (non-hydrogen) atoms. The number of piperidine rings is 1. The van der Waals surface area contributed by atoms with Crippen molar-refractivity contribution < 1.29 is 9.22 Å². The summed E-state index contributed by atoms with van der Waals surface area (Å²) in [5.41, 5.74) is 5.06. The Morgan fingerprint density at radius 1 is 0.929 bits per heavy atom. The highest BCUT2D eigenvalue weighted by molar-refractivity contribution is 7.98. The number of likely N-dealkylation sites (tertiary alicyclic amines) is 1. The molecule has 9 heteroatoms. The van der Waals surface area contributed by atoms with Crippen LogP contribution in [-0.4, -0.2) is 59.8 Å². The number of rotatable bonds is 11. The van der Waals surface area contributed by atoms with Gasteiger partial charge in [0.2, 0.25) is 0 Å². The van der Waals surface area contributed by atoms with Gasteiger partial charge in [-0.1, -0.05) is 107 Å². The van der Waals surface area contributed by atoms with E-state index in [0.29, 0.717) is 25.0 Å². The number of nitrogens with zero attached hydrogens (tertiary/aromatic N) is 5. The van der Waals surface area contributed by atoms with Gasteiger partial charge in [0.25, 0.3) is 14.2 Å². The first-order chi connectivity index (χ1) is 26.9. The summed E-state index contributed by atoms with van der Waals surface area (Å²) in [6.45, 7) is 14.9. The van der Waals surface area contributed by atoms with Gasteiger partial charge >= 0.3 is 0 Å². The first-order valence-corrected chi connectivity index (χ1v) is 23.5. The van der Waals surface area contributed by atoms with Crippen molar-refractivity contribution in [2.24, 2.45) is 18.9 Å². The summed E-state index contributed by atoms with van der Waals surface area (Å²) in [4.78, 5) is 20.5. The predicted octanol–water partition coefficient (Wildman–Crippen LogP) is 8.76. The number of thioether (sulfide) groups is 1. The van der Waals surface area contributed by atoms with Gasteiger partial charge in [0.15, 0.2) is 0 Å². The maximum absolute atomic E-state index is 14.7. The van der Waals surface area contributed by atoms with Crippen molar-refractivity contribution in [3.05, 3.63) is 131 Å². The maximum Gasteiger partial charge on any atom is 0.261 e. The molecule has 2 fully saturated rings. The summed E-state index contributed by atoms with van der Waals surface area (Å²) in [6, 6.07) is 35.1. The summed E-state index contributed by atoms with van der Waals surface area (Å²) < 4.78 is 9.73. The maximum atomic E-state index is 14.7. The zero-order chi connectivity index (χ0) is 39.2. The number of benzene rings is 4. The Morgan fingerprint density at radius 2 is 1.62 bits per heavy atom. The normalized spacial score (nSPS) is 22.2. The summed E-state index contributed by atoms with van der Waals surface area (Å²) in [7, 11) is -0.770. The zero-order valence-corrected chi connectivity index (χ0v) is 36.0. The number of hydrogen-bond acceptors (Lipinski definition) is 6. The van der Waals surface area contributed by atoms with Gasteiger partial charge < -0.3 is 13.9 Å². The van der Waals surface area contributed by atoms with Crippen LogP contribution in [0, 0.1) is 11.8 Å². The van der Waals surface area contributed by atoms with E-state index in [1.807, 2.05) is 11.9 Å². The summed E-state index contributed by atoms with van der Waals surface area (Å²) >= 11 is 1.75. The van der Waals surface area contributed by atoms with E-state index in [2.05, 4.69) is 158 Å². The predicted molar refractivity (Wildman–Crippen MR) is 232 cm³/mol. The molecule has 1 unspecified atom stereocenters. The molecule has 0 N–H and O–H groups in total. The molecule has 1 saturated carbocycles. The summed E-state index contributed by atoms with van der Waals surface area (Å²) in [5.74, 6) is 2.27. The molecule has 0 spiro atoms. The second-order valence-electron chi connectivity index (χ2n) is 17.8. The Balaban J connectivity index is 1.17. The number of hydrogen-bond donors (Lipinski definition) is 0. The van der Waals surface area contributed by atoms with E-state index in [1.54, 1.807) is 18.1 Å². The van der Waals surface area contributed by atoms with Crippen molar-refractivity contribution in [3.8, 4) is 0 Å². The van der Waals surface area contributed by atoms with Gasteiger partial charge in [0.05, 0.1) is 24.6 Å².